The third kappa shape index (κ3) is 2.37. The van der Waals surface area contributed by atoms with Crippen LogP contribution in [-0.2, 0) is 6.54 Å². The lowest BCUT2D eigenvalue weighted by Crippen LogP contribution is -2.21. The lowest BCUT2D eigenvalue weighted by atomic mass is 9.96. The molecule has 0 saturated carbocycles. The van der Waals surface area contributed by atoms with Crippen LogP contribution in [0.4, 0.5) is 0 Å². The van der Waals surface area contributed by atoms with Crippen molar-refractivity contribution in [3.05, 3.63) is 69.2 Å². The molecule has 4 nitrogen and oxygen atoms in total. The molecule has 2 aromatic carbocycles. The fraction of sp³-hybridized carbons (Fsp3) is 0.222. The summed E-state index contributed by atoms with van der Waals surface area (Å²) in [7, 11) is 0. The maximum atomic E-state index is 12.7. The summed E-state index contributed by atoms with van der Waals surface area (Å²) < 4.78 is 6.56. The zero-order valence-corrected chi connectivity index (χ0v) is 12.8. The molecule has 1 aromatic heterocycles. The van der Waals surface area contributed by atoms with Crippen molar-refractivity contribution in [2.45, 2.75) is 27.3 Å². The van der Waals surface area contributed by atoms with Gasteiger partial charge in [-0.15, -0.1) is 0 Å². The maximum absolute atomic E-state index is 12.7. The van der Waals surface area contributed by atoms with E-state index in [0.29, 0.717) is 16.7 Å². The Balaban J connectivity index is 2.04. The number of hydrogen-bond donors (Lipinski definition) is 0. The molecule has 0 fully saturated rings. The van der Waals surface area contributed by atoms with E-state index >= 15 is 0 Å². The number of rotatable bonds is 3. The smallest absolute Gasteiger partial charge is 0.408 e. The molecule has 0 unspecified atom stereocenters. The maximum Gasteiger partial charge on any atom is 0.420 e. The van der Waals surface area contributed by atoms with Gasteiger partial charge in [-0.1, -0.05) is 29.8 Å². The Kier molecular flexibility index (Phi) is 3.45. The quantitative estimate of drug-likeness (QED) is 0.696. The molecule has 0 aliphatic rings. The van der Waals surface area contributed by atoms with E-state index in [0.717, 1.165) is 16.7 Å². The Hall–Kier alpha value is -2.62. The first kappa shape index (κ1) is 14.3. The van der Waals surface area contributed by atoms with E-state index in [2.05, 4.69) is 0 Å². The van der Waals surface area contributed by atoms with E-state index in [1.807, 2.05) is 39.0 Å². The molecular formula is C18H17NO3. The number of fused-ring (bicyclic) bond motifs is 1. The first-order valence-corrected chi connectivity index (χ1v) is 7.17. The molecule has 0 atom stereocenters. The van der Waals surface area contributed by atoms with Crippen LogP contribution in [0.25, 0.3) is 11.1 Å². The molecule has 4 heteroatoms. The molecule has 3 rings (SSSR count). The number of para-hydroxylation sites is 2. The van der Waals surface area contributed by atoms with Gasteiger partial charge in [0.05, 0.1) is 12.1 Å². The van der Waals surface area contributed by atoms with Crippen LogP contribution in [0.2, 0.25) is 0 Å². The van der Waals surface area contributed by atoms with Crippen LogP contribution < -0.4 is 5.76 Å². The van der Waals surface area contributed by atoms with Crippen molar-refractivity contribution in [2.24, 2.45) is 0 Å². The van der Waals surface area contributed by atoms with Gasteiger partial charge in [-0.05, 0) is 44.0 Å². The molecule has 0 N–H and O–H groups in total. The normalized spacial score (nSPS) is 11.0. The molecule has 0 amide bonds. The molecule has 0 saturated heterocycles. The van der Waals surface area contributed by atoms with Crippen LogP contribution >= 0.6 is 0 Å². The Labute approximate surface area is 128 Å². The topological polar surface area (TPSA) is 52.2 Å². The van der Waals surface area contributed by atoms with Gasteiger partial charge < -0.3 is 4.42 Å². The first-order valence-electron chi connectivity index (χ1n) is 7.17. The molecule has 1 heterocycles. The second kappa shape index (κ2) is 5.30. The van der Waals surface area contributed by atoms with Crippen LogP contribution in [0.1, 0.15) is 27.0 Å². The average molecular weight is 295 g/mol. The third-order valence-corrected chi connectivity index (χ3v) is 3.83. The average Bonchev–Trinajstić information content (AvgIpc) is 2.74. The number of oxazole rings is 1. The minimum Gasteiger partial charge on any atom is -0.408 e. The Bertz CT molecular complexity index is 908. The van der Waals surface area contributed by atoms with Crippen LogP contribution in [0, 0.1) is 20.8 Å². The Morgan fingerprint density at radius 1 is 1.09 bits per heavy atom. The summed E-state index contributed by atoms with van der Waals surface area (Å²) in [6.07, 6.45) is 0. The summed E-state index contributed by atoms with van der Waals surface area (Å²) in [6, 6.07) is 11.1. The number of hydrogen-bond acceptors (Lipinski definition) is 3. The summed E-state index contributed by atoms with van der Waals surface area (Å²) in [5, 5.41) is 0. The number of benzene rings is 2. The zero-order valence-electron chi connectivity index (χ0n) is 12.8. The van der Waals surface area contributed by atoms with Gasteiger partial charge in [0, 0.05) is 5.56 Å². The van der Waals surface area contributed by atoms with Crippen molar-refractivity contribution < 1.29 is 9.21 Å². The number of carbonyl (C=O) groups is 1. The Morgan fingerprint density at radius 2 is 1.73 bits per heavy atom. The number of Topliss-reactive ketones (excluding diaryl/α,β-unsaturated/α-hetero) is 1. The summed E-state index contributed by atoms with van der Waals surface area (Å²) in [6.45, 7) is 5.83. The number of carbonyl (C=O) groups excluding carboxylic acids is 1. The second-order valence-electron chi connectivity index (χ2n) is 5.62. The fourth-order valence-electron chi connectivity index (χ4n) is 3.01. The van der Waals surface area contributed by atoms with Crippen molar-refractivity contribution in [3.8, 4) is 0 Å². The minimum atomic E-state index is -0.503. The van der Waals surface area contributed by atoms with Crippen molar-refractivity contribution in [2.75, 3.05) is 0 Å². The fourth-order valence-corrected chi connectivity index (χ4v) is 3.01. The lowest BCUT2D eigenvalue weighted by molar-refractivity contribution is 0.0969. The molecule has 22 heavy (non-hydrogen) atoms. The molecule has 0 bridgehead atoms. The largest absolute Gasteiger partial charge is 0.420 e. The van der Waals surface area contributed by atoms with E-state index in [1.165, 1.54) is 4.57 Å². The van der Waals surface area contributed by atoms with Crippen LogP contribution in [-0.4, -0.2) is 10.4 Å². The zero-order chi connectivity index (χ0) is 15.9. The number of aryl methyl sites for hydroxylation is 3. The van der Waals surface area contributed by atoms with Crippen LogP contribution in [0.15, 0.2) is 45.6 Å². The van der Waals surface area contributed by atoms with Crippen molar-refractivity contribution in [1.29, 1.82) is 0 Å². The van der Waals surface area contributed by atoms with Gasteiger partial charge in [-0.3, -0.25) is 9.36 Å². The highest BCUT2D eigenvalue weighted by Crippen LogP contribution is 2.19. The highest BCUT2D eigenvalue weighted by molar-refractivity contribution is 5.99. The first-order chi connectivity index (χ1) is 10.5. The van der Waals surface area contributed by atoms with Gasteiger partial charge in [0.2, 0.25) is 0 Å². The minimum absolute atomic E-state index is 0.0133. The SMILES string of the molecule is Cc1cc(C)c(C(=O)Cn2c(=O)oc3ccccc32)c(C)c1. The molecular weight excluding hydrogens is 278 g/mol. The molecule has 0 aliphatic carbocycles. The summed E-state index contributed by atoms with van der Waals surface area (Å²) >= 11 is 0. The molecule has 0 aliphatic heterocycles. The van der Waals surface area contributed by atoms with Gasteiger partial charge >= 0.3 is 5.76 Å². The monoisotopic (exact) mass is 295 g/mol. The summed E-state index contributed by atoms with van der Waals surface area (Å²) in [5.41, 5.74) is 4.81. The molecule has 112 valence electrons. The molecule has 0 spiro atoms. The predicted molar refractivity (Wildman–Crippen MR) is 85.5 cm³/mol. The standard InChI is InChI=1S/C18H17NO3/c1-11-8-12(2)17(13(3)9-11)15(20)10-19-14-6-4-5-7-16(14)22-18(19)21/h4-9H,10H2,1-3H3. The van der Waals surface area contributed by atoms with Gasteiger partial charge in [0.15, 0.2) is 11.4 Å². The van der Waals surface area contributed by atoms with E-state index in [-0.39, 0.29) is 12.3 Å². The van der Waals surface area contributed by atoms with E-state index < -0.39 is 5.76 Å². The van der Waals surface area contributed by atoms with Crippen molar-refractivity contribution in [1.82, 2.24) is 4.57 Å². The molecule has 0 radical (unpaired) electrons. The van der Waals surface area contributed by atoms with E-state index in [9.17, 15) is 9.59 Å². The van der Waals surface area contributed by atoms with Crippen LogP contribution in [0.5, 0.6) is 0 Å². The molecule has 3 aromatic rings. The van der Waals surface area contributed by atoms with Crippen molar-refractivity contribution >= 4 is 16.9 Å². The van der Waals surface area contributed by atoms with Crippen molar-refractivity contribution in [3.63, 3.8) is 0 Å². The summed E-state index contributed by atoms with van der Waals surface area (Å²) in [4.78, 5) is 24.6. The number of aromatic nitrogens is 1. The van der Waals surface area contributed by atoms with Gasteiger partial charge in [-0.25, -0.2) is 4.79 Å². The second-order valence-corrected chi connectivity index (χ2v) is 5.62. The van der Waals surface area contributed by atoms with Gasteiger partial charge in [0.1, 0.15) is 0 Å². The van der Waals surface area contributed by atoms with Gasteiger partial charge in [0.25, 0.3) is 0 Å². The highest BCUT2D eigenvalue weighted by Gasteiger charge is 2.17. The highest BCUT2D eigenvalue weighted by atomic mass is 16.4. The lowest BCUT2D eigenvalue weighted by Gasteiger charge is -2.10. The summed E-state index contributed by atoms with van der Waals surface area (Å²) in [5.74, 6) is -0.583. The number of ketones is 1. The van der Waals surface area contributed by atoms with E-state index in [4.69, 9.17) is 4.42 Å². The Morgan fingerprint density at radius 3 is 2.41 bits per heavy atom. The van der Waals surface area contributed by atoms with Crippen LogP contribution in [0.3, 0.4) is 0 Å². The van der Waals surface area contributed by atoms with E-state index in [1.54, 1.807) is 18.2 Å². The predicted octanol–water partition coefficient (Wildman–Crippen LogP) is 3.40. The van der Waals surface area contributed by atoms with Gasteiger partial charge in [-0.2, -0.15) is 0 Å². The number of nitrogens with zero attached hydrogens (tertiary/aromatic N) is 1. The third-order valence-electron chi connectivity index (χ3n) is 3.83.